The zero-order chi connectivity index (χ0) is 21.6. The van der Waals surface area contributed by atoms with E-state index < -0.39 is 0 Å². The Kier molecular flexibility index (Phi) is 6.80. The lowest BCUT2D eigenvalue weighted by Crippen LogP contribution is -2.49. The van der Waals surface area contributed by atoms with Gasteiger partial charge in [0.15, 0.2) is 5.78 Å². The Bertz CT molecular complexity index is 993. The van der Waals surface area contributed by atoms with E-state index in [1.807, 2.05) is 54.6 Å². The molecule has 160 valence electrons. The maximum absolute atomic E-state index is 13.6. The van der Waals surface area contributed by atoms with Gasteiger partial charge in [-0.3, -0.25) is 14.6 Å². The number of methoxy groups -OCH3 is 1. The van der Waals surface area contributed by atoms with Crippen LogP contribution < -0.4 is 4.74 Å². The van der Waals surface area contributed by atoms with Crippen molar-refractivity contribution in [2.75, 3.05) is 33.3 Å². The summed E-state index contributed by atoms with van der Waals surface area (Å²) >= 11 is 0. The predicted molar refractivity (Wildman–Crippen MR) is 125 cm³/mol. The molecule has 0 aromatic heterocycles. The molecule has 0 aliphatic carbocycles. The maximum Gasteiger partial charge on any atom is 0.184 e. The first-order valence-electron chi connectivity index (χ1n) is 10.9. The van der Waals surface area contributed by atoms with Crippen molar-refractivity contribution >= 4 is 5.78 Å². The van der Waals surface area contributed by atoms with E-state index in [1.54, 1.807) is 7.11 Å². The second-order valence-corrected chi connectivity index (χ2v) is 8.15. The Hall–Kier alpha value is -2.95. The summed E-state index contributed by atoms with van der Waals surface area (Å²) < 4.78 is 5.26. The number of piperazine rings is 1. The monoisotopic (exact) mass is 414 g/mol. The van der Waals surface area contributed by atoms with Gasteiger partial charge in [-0.15, -0.1) is 0 Å². The van der Waals surface area contributed by atoms with Gasteiger partial charge in [-0.1, -0.05) is 66.7 Å². The largest absolute Gasteiger partial charge is 0.497 e. The third kappa shape index (κ3) is 5.04. The summed E-state index contributed by atoms with van der Waals surface area (Å²) in [7, 11) is 1.69. The Morgan fingerprint density at radius 1 is 0.871 bits per heavy atom. The van der Waals surface area contributed by atoms with Crippen LogP contribution in [0.1, 0.15) is 33.1 Å². The van der Waals surface area contributed by atoms with E-state index in [-0.39, 0.29) is 11.8 Å². The highest BCUT2D eigenvalue weighted by atomic mass is 16.5. The Balaban J connectivity index is 1.49. The SMILES string of the molecule is COc1ccc(CN2CCN(C(C(=O)c3ccccc3)c3ccccc3C)CC2)cc1. The fraction of sp³-hybridized carbons (Fsp3) is 0.296. The van der Waals surface area contributed by atoms with Crippen molar-refractivity contribution in [1.82, 2.24) is 9.80 Å². The average molecular weight is 415 g/mol. The number of carbonyl (C=O) groups is 1. The molecule has 1 saturated heterocycles. The van der Waals surface area contributed by atoms with Gasteiger partial charge in [0.05, 0.1) is 13.2 Å². The number of ether oxygens (including phenoxy) is 1. The fourth-order valence-electron chi connectivity index (χ4n) is 4.33. The highest BCUT2D eigenvalue weighted by molar-refractivity contribution is 6.00. The second-order valence-electron chi connectivity index (χ2n) is 8.15. The summed E-state index contributed by atoms with van der Waals surface area (Å²) in [5.41, 5.74) is 4.33. The lowest BCUT2D eigenvalue weighted by atomic mass is 9.92. The summed E-state index contributed by atoms with van der Waals surface area (Å²) in [5, 5.41) is 0. The van der Waals surface area contributed by atoms with Crippen LogP contribution in [-0.2, 0) is 6.54 Å². The molecule has 31 heavy (non-hydrogen) atoms. The molecule has 4 nitrogen and oxygen atoms in total. The molecule has 0 bridgehead atoms. The first-order chi connectivity index (χ1) is 15.2. The number of aryl methyl sites for hydroxylation is 1. The first kappa shape index (κ1) is 21.3. The van der Waals surface area contributed by atoms with Crippen molar-refractivity contribution in [2.45, 2.75) is 19.5 Å². The predicted octanol–water partition coefficient (Wildman–Crippen LogP) is 4.75. The molecule has 1 atom stereocenters. The van der Waals surface area contributed by atoms with Crippen LogP contribution in [-0.4, -0.2) is 48.9 Å². The summed E-state index contributed by atoms with van der Waals surface area (Å²) in [5.74, 6) is 1.06. The molecule has 0 radical (unpaired) electrons. The number of carbonyl (C=O) groups excluding carboxylic acids is 1. The minimum atomic E-state index is -0.244. The van der Waals surface area contributed by atoms with Gasteiger partial charge in [-0.05, 0) is 35.7 Å². The number of Topliss-reactive ketones (excluding diaryl/α,β-unsaturated/α-hetero) is 1. The molecule has 4 heteroatoms. The first-order valence-corrected chi connectivity index (χ1v) is 10.9. The van der Waals surface area contributed by atoms with Crippen molar-refractivity contribution in [3.8, 4) is 5.75 Å². The van der Waals surface area contributed by atoms with Crippen LogP contribution in [0.3, 0.4) is 0 Å². The Labute approximate surface area is 185 Å². The Morgan fingerprint density at radius 2 is 1.52 bits per heavy atom. The van der Waals surface area contributed by atoms with Crippen LogP contribution >= 0.6 is 0 Å². The smallest absolute Gasteiger partial charge is 0.184 e. The van der Waals surface area contributed by atoms with Crippen molar-refractivity contribution < 1.29 is 9.53 Å². The number of hydrogen-bond donors (Lipinski definition) is 0. The molecular formula is C27H30N2O2. The molecule has 0 spiro atoms. The van der Waals surface area contributed by atoms with E-state index in [2.05, 4.69) is 41.0 Å². The van der Waals surface area contributed by atoms with Crippen LogP contribution in [0.15, 0.2) is 78.9 Å². The average Bonchev–Trinajstić information content (AvgIpc) is 2.82. The van der Waals surface area contributed by atoms with Gasteiger partial charge in [-0.25, -0.2) is 0 Å². The highest BCUT2D eigenvalue weighted by Gasteiger charge is 2.31. The molecule has 1 fully saturated rings. The minimum Gasteiger partial charge on any atom is -0.497 e. The summed E-state index contributed by atoms with van der Waals surface area (Å²) in [6.07, 6.45) is 0. The molecule has 3 aromatic carbocycles. The van der Waals surface area contributed by atoms with Gasteiger partial charge in [0.1, 0.15) is 5.75 Å². The van der Waals surface area contributed by atoms with Gasteiger partial charge < -0.3 is 4.74 Å². The Morgan fingerprint density at radius 3 is 2.16 bits per heavy atom. The summed E-state index contributed by atoms with van der Waals surface area (Å²) in [4.78, 5) is 18.4. The van der Waals surface area contributed by atoms with E-state index in [0.29, 0.717) is 0 Å². The topological polar surface area (TPSA) is 32.8 Å². The van der Waals surface area contributed by atoms with E-state index in [4.69, 9.17) is 4.74 Å². The third-order valence-corrected chi connectivity index (χ3v) is 6.13. The molecule has 1 heterocycles. The molecule has 1 aliphatic heterocycles. The van der Waals surface area contributed by atoms with Crippen molar-refractivity contribution in [3.05, 3.63) is 101 Å². The van der Waals surface area contributed by atoms with Gasteiger partial charge >= 0.3 is 0 Å². The number of ketones is 1. The van der Waals surface area contributed by atoms with E-state index in [9.17, 15) is 4.79 Å². The van der Waals surface area contributed by atoms with Gasteiger partial charge in [-0.2, -0.15) is 0 Å². The summed E-state index contributed by atoms with van der Waals surface area (Å²) in [6, 6.07) is 26.0. The fourth-order valence-corrected chi connectivity index (χ4v) is 4.33. The van der Waals surface area contributed by atoms with Crippen LogP contribution in [0, 0.1) is 6.92 Å². The van der Waals surface area contributed by atoms with Crippen molar-refractivity contribution in [3.63, 3.8) is 0 Å². The number of benzene rings is 3. The van der Waals surface area contributed by atoms with Gasteiger partial charge in [0.25, 0.3) is 0 Å². The van der Waals surface area contributed by atoms with Crippen molar-refractivity contribution in [2.24, 2.45) is 0 Å². The highest BCUT2D eigenvalue weighted by Crippen LogP contribution is 2.29. The lowest BCUT2D eigenvalue weighted by molar-refractivity contribution is 0.0649. The van der Waals surface area contributed by atoms with Crippen LogP contribution in [0.2, 0.25) is 0 Å². The molecular weight excluding hydrogens is 384 g/mol. The number of nitrogens with zero attached hydrogens (tertiary/aromatic N) is 2. The molecule has 4 rings (SSSR count). The third-order valence-electron chi connectivity index (χ3n) is 6.13. The lowest BCUT2D eigenvalue weighted by Gasteiger charge is -2.39. The normalized spacial score (nSPS) is 16.1. The second kappa shape index (κ2) is 9.90. The minimum absolute atomic E-state index is 0.179. The number of hydrogen-bond acceptors (Lipinski definition) is 4. The summed E-state index contributed by atoms with van der Waals surface area (Å²) in [6.45, 7) is 6.63. The zero-order valence-electron chi connectivity index (χ0n) is 18.3. The molecule has 3 aromatic rings. The van der Waals surface area contributed by atoms with Crippen LogP contribution in [0.5, 0.6) is 5.75 Å². The number of rotatable bonds is 7. The maximum atomic E-state index is 13.6. The van der Waals surface area contributed by atoms with E-state index in [0.717, 1.165) is 55.2 Å². The van der Waals surface area contributed by atoms with E-state index >= 15 is 0 Å². The molecule has 0 saturated carbocycles. The van der Waals surface area contributed by atoms with Gasteiger partial charge in [0, 0.05) is 38.3 Å². The molecule has 0 amide bonds. The molecule has 1 aliphatic rings. The van der Waals surface area contributed by atoms with Crippen molar-refractivity contribution in [1.29, 1.82) is 0 Å². The zero-order valence-corrected chi connectivity index (χ0v) is 18.3. The van der Waals surface area contributed by atoms with Gasteiger partial charge in [0.2, 0.25) is 0 Å². The standard InChI is InChI=1S/C27H30N2O2/c1-21-8-6-7-11-25(21)26(27(30)23-9-4-3-5-10-23)29-18-16-28(17-19-29)20-22-12-14-24(31-2)15-13-22/h3-15,26H,16-20H2,1-2H3. The quantitative estimate of drug-likeness (QED) is 0.523. The molecule has 1 unspecified atom stereocenters. The van der Waals surface area contributed by atoms with E-state index in [1.165, 1.54) is 5.56 Å². The van der Waals surface area contributed by atoms with Crippen LogP contribution in [0.4, 0.5) is 0 Å². The molecule has 0 N–H and O–H groups in total. The van der Waals surface area contributed by atoms with Crippen LogP contribution in [0.25, 0.3) is 0 Å².